The number of aliphatic imine (C=N–C) groups is 1. The molecule has 2 aromatic rings. The van der Waals surface area contributed by atoms with Crippen molar-refractivity contribution >= 4 is 58.1 Å². The third-order valence-corrected chi connectivity index (χ3v) is 10.1. The van der Waals surface area contributed by atoms with E-state index in [4.69, 9.17) is 32.9 Å². The lowest BCUT2D eigenvalue weighted by molar-refractivity contribution is -0.120. The number of hydrogen-bond donors (Lipinski definition) is 4. The summed E-state index contributed by atoms with van der Waals surface area (Å²) >= 11 is 14.3. The standard InChI is InChI=1S/C39H49Cl2N7O4/c1-7-10-30(36(40)24(3)32-15-13-26(38(47-32)52-6)20-44-23-28-14-16-35(50)46-28)31-12-9-11-29(37(31)41)25(8-2)19-33-45-22-27(39(51)48(33)5)21-43-18-17-34(49)42-4/h7,9-13,19,22,28,32,43-44H,1,8,14-18,20-21,23H2,2-6H3,(H,42,49)(H,46,50)/b25-19+,30-10-,36-24-/t28?,32-/m0/s1. The van der Waals surface area contributed by atoms with Gasteiger partial charge in [-0.15, -0.1) is 0 Å². The van der Waals surface area contributed by atoms with Crippen molar-refractivity contribution < 1.29 is 14.3 Å². The highest BCUT2D eigenvalue weighted by atomic mass is 35.5. The predicted octanol–water partition coefficient (Wildman–Crippen LogP) is 5.30. The number of hydrogen-bond acceptors (Lipinski definition) is 8. The molecule has 0 spiro atoms. The number of ether oxygens (including phenoxy) is 1. The molecule has 0 aliphatic carbocycles. The van der Waals surface area contributed by atoms with Gasteiger partial charge in [-0.1, -0.05) is 73.1 Å². The molecular formula is C39H49Cl2N7O4. The second-order valence-corrected chi connectivity index (χ2v) is 13.4. The Bertz CT molecular complexity index is 1880. The maximum atomic E-state index is 13.2. The molecule has 0 saturated carbocycles. The maximum Gasteiger partial charge on any atom is 0.257 e. The maximum absolute atomic E-state index is 13.2. The molecule has 1 aromatic heterocycles. The summed E-state index contributed by atoms with van der Waals surface area (Å²) in [6.07, 6.45) is 12.1. The van der Waals surface area contributed by atoms with Crippen LogP contribution in [0.3, 0.4) is 0 Å². The Balaban J connectivity index is 1.56. The van der Waals surface area contributed by atoms with Crippen molar-refractivity contribution in [1.29, 1.82) is 0 Å². The molecular weight excluding hydrogens is 701 g/mol. The van der Waals surface area contributed by atoms with E-state index in [2.05, 4.69) is 38.9 Å². The van der Waals surface area contributed by atoms with Crippen LogP contribution < -0.4 is 26.8 Å². The van der Waals surface area contributed by atoms with E-state index in [-0.39, 0.29) is 29.5 Å². The summed E-state index contributed by atoms with van der Waals surface area (Å²) in [4.78, 5) is 45.7. The van der Waals surface area contributed by atoms with E-state index in [1.54, 1.807) is 33.5 Å². The quantitative estimate of drug-likeness (QED) is 0.135. The molecule has 4 rings (SSSR count). The molecule has 52 heavy (non-hydrogen) atoms. The summed E-state index contributed by atoms with van der Waals surface area (Å²) in [6.45, 7) is 9.92. The summed E-state index contributed by atoms with van der Waals surface area (Å²) in [5.74, 6) is 1.06. The van der Waals surface area contributed by atoms with Gasteiger partial charge >= 0.3 is 0 Å². The highest BCUT2D eigenvalue weighted by Gasteiger charge is 2.25. The molecule has 1 saturated heterocycles. The van der Waals surface area contributed by atoms with Gasteiger partial charge in [-0.05, 0) is 49.0 Å². The fraction of sp³-hybridized carbons (Fsp3) is 0.410. The van der Waals surface area contributed by atoms with Crippen LogP contribution in [-0.2, 0) is 27.9 Å². The molecule has 1 fully saturated rings. The molecule has 13 heteroatoms. The average Bonchev–Trinajstić information content (AvgIpc) is 3.57. The van der Waals surface area contributed by atoms with Crippen LogP contribution in [0.25, 0.3) is 17.2 Å². The van der Waals surface area contributed by atoms with Gasteiger partial charge in [-0.3, -0.25) is 19.0 Å². The Hall–Kier alpha value is -4.29. The third kappa shape index (κ3) is 10.2. The number of aromatic nitrogens is 2. The van der Waals surface area contributed by atoms with Gasteiger partial charge in [0.15, 0.2) is 0 Å². The lowest BCUT2D eigenvalue weighted by Gasteiger charge is -2.23. The van der Waals surface area contributed by atoms with Crippen molar-refractivity contribution in [2.45, 2.75) is 64.6 Å². The summed E-state index contributed by atoms with van der Waals surface area (Å²) in [6, 6.07) is 5.68. The van der Waals surface area contributed by atoms with Crippen LogP contribution in [0.2, 0.25) is 5.02 Å². The van der Waals surface area contributed by atoms with Crippen molar-refractivity contribution in [3.8, 4) is 0 Å². The fourth-order valence-electron chi connectivity index (χ4n) is 6.12. The minimum absolute atomic E-state index is 0.0712. The SMILES string of the molecule is C=C/C=C(\C(Cl)=C(/C)[C@@H]1CC=C(CNCC2CCC(=O)N2)C(OC)=N1)c1cccc(/C(=C/c2ncc(CNCCC(=O)NC)c(=O)n2C)CC)c1Cl. The Labute approximate surface area is 316 Å². The summed E-state index contributed by atoms with van der Waals surface area (Å²) in [5, 5.41) is 13.1. The zero-order valence-corrected chi connectivity index (χ0v) is 32.1. The van der Waals surface area contributed by atoms with Gasteiger partial charge in [-0.25, -0.2) is 9.98 Å². The van der Waals surface area contributed by atoms with E-state index in [1.165, 1.54) is 4.57 Å². The Morgan fingerprint density at radius 2 is 1.98 bits per heavy atom. The highest BCUT2D eigenvalue weighted by Crippen LogP contribution is 2.39. The van der Waals surface area contributed by atoms with E-state index >= 15 is 0 Å². The largest absolute Gasteiger partial charge is 0.481 e. The predicted molar refractivity (Wildman–Crippen MR) is 211 cm³/mol. The van der Waals surface area contributed by atoms with E-state index < -0.39 is 0 Å². The minimum atomic E-state index is -0.247. The molecule has 0 bridgehead atoms. The number of dihydropyridines is 1. The first kappa shape index (κ1) is 40.5. The van der Waals surface area contributed by atoms with Crippen molar-refractivity contribution in [2.75, 3.05) is 33.8 Å². The molecule has 2 atom stereocenters. The molecule has 278 valence electrons. The number of carbonyl (C=O) groups excluding carboxylic acids is 2. The van der Waals surface area contributed by atoms with Gasteiger partial charge in [0, 0.05) is 92.7 Å². The number of nitrogens with zero attached hydrogens (tertiary/aromatic N) is 3. The number of rotatable bonds is 16. The van der Waals surface area contributed by atoms with Crippen molar-refractivity contribution in [3.63, 3.8) is 0 Å². The van der Waals surface area contributed by atoms with Crippen LogP contribution in [0.1, 0.15) is 68.5 Å². The Morgan fingerprint density at radius 3 is 2.65 bits per heavy atom. The summed E-state index contributed by atoms with van der Waals surface area (Å²) in [7, 11) is 4.89. The molecule has 4 N–H and O–H groups in total. The molecule has 0 radical (unpaired) electrons. The van der Waals surface area contributed by atoms with Crippen LogP contribution in [0.15, 0.2) is 75.2 Å². The number of halogens is 2. The van der Waals surface area contributed by atoms with Gasteiger partial charge in [0.1, 0.15) is 5.82 Å². The monoisotopic (exact) mass is 749 g/mol. The number of methoxy groups -OCH3 is 1. The molecule has 11 nitrogen and oxygen atoms in total. The van der Waals surface area contributed by atoms with Crippen LogP contribution in [-0.4, -0.2) is 73.1 Å². The second kappa shape index (κ2) is 19.5. The number of nitrogens with one attached hydrogen (secondary N) is 4. The van der Waals surface area contributed by atoms with Crippen molar-refractivity contribution in [2.24, 2.45) is 12.0 Å². The number of amides is 2. The minimum Gasteiger partial charge on any atom is -0.481 e. The van der Waals surface area contributed by atoms with Crippen LogP contribution >= 0.6 is 23.2 Å². The molecule has 2 aliphatic heterocycles. The van der Waals surface area contributed by atoms with E-state index in [1.807, 2.05) is 44.2 Å². The van der Waals surface area contributed by atoms with Crippen molar-refractivity contribution in [1.82, 2.24) is 30.8 Å². The second-order valence-electron chi connectivity index (χ2n) is 12.7. The average molecular weight is 751 g/mol. The molecule has 2 amide bonds. The number of allylic oxidation sites excluding steroid dienone is 5. The molecule has 1 aromatic carbocycles. The fourth-order valence-corrected chi connectivity index (χ4v) is 6.76. The zero-order valence-electron chi connectivity index (χ0n) is 30.6. The van der Waals surface area contributed by atoms with Crippen LogP contribution in [0.4, 0.5) is 0 Å². The molecule has 1 unspecified atom stereocenters. The third-order valence-electron chi connectivity index (χ3n) is 9.20. The van der Waals surface area contributed by atoms with Gasteiger partial charge in [0.05, 0.1) is 18.2 Å². The van der Waals surface area contributed by atoms with E-state index in [9.17, 15) is 14.4 Å². The van der Waals surface area contributed by atoms with Gasteiger partial charge in [0.2, 0.25) is 17.7 Å². The highest BCUT2D eigenvalue weighted by molar-refractivity contribution is 6.40. The Kier molecular flexibility index (Phi) is 15.2. The smallest absolute Gasteiger partial charge is 0.257 e. The van der Waals surface area contributed by atoms with E-state index in [0.717, 1.165) is 34.3 Å². The first-order valence-electron chi connectivity index (χ1n) is 17.5. The first-order valence-corrected chi connectivity index (χ1v) is 18.2. The topological polar surface area (TPSA) is 139 Å². The van der Waals surface area contributed by atoms with Gasteiger partial charge in [-0.2, -0.15) is 0 Å². The lowest BCUT2D eigenvalue weighted by atomic mass is 9.93. The lowest BCUT2D eigenvalue weighted by Crippen LogP contribution is -2.37. The first-order chi connectivity index (χ1) is 25.0. The summed E-state index contributed by atoms with van der Waals surface area (Å²) in [5.41, 5.74) is 5.27. The Morgan fingerprint density at radius 1 is 1.21 bits per heavy atom. The number of benzene rings is 1. The van der Waals surface area contributed by atoms with E-state index in [0.29, 0.717) is 84.8 Å². The van der Waals surface area contributed by atoms with Gasteiger partial charge in [0.25, 0.3) is 5.56 Å². The molecule has 2 aliphatic rings. The summed E-state index contributed by atoms with van der Waals surface area (Å²) < 4.78 is 7.19. The van der Waals surface area contributed by atoms with Crippen LogP contribution in [0.5, 0.6) is 0 Å². The van der Waals surface area contributed by atoms with Crippen molar-refractivity contribution in [3.05, 3.63) is 103 Å². The normalized spacial score (nSPS) is 18.3. The zero-order chi connectivity index (χ0) is 37.8. The van der Waals surface area contributed by atoms with Crippen LogP contribution in [0, 0.1) is 0 Å². The number of carbonyl (C=O) groups is 2. The molecule has 3 heterocycles. The van der Waals surface area contributed by atoms with Gasteiger partial charge < -0.3 is 26.0 Å².